The normalized spacial score (nSPS) is 11.8. The largest absolute Gasteiger partial charge is 0.493 e. The van der Waals surface area contributed by atoms with E-state index in [1.807, 2.05) is 25.4 Å². The van der Waals surface area contributed by atoms with Crippen molar-refractivity contribution < 1.29 is 23.5 Å². The number of aromatic nitrogens is 1. The summed E-state index contributed by atoms with van der Waals surface area (Å²) in [4.78, 5) is 29.6. The SMILES string of the molecule is CCCN(CCC(COC)COc1cc(F)cc(CCCCNCc2cncc(CC)c2)c1)C(=O)CCC(N)=O. The molecule has 1 atom stereocenters. The standard InChI is InChI=1S/C31H47FN4O4/c1-4-13-36(31(38)10-9-30(33)37)14-11-26(22-39-3)23-40-29-17-25(16-28(32)18-29)8-6-7-12-34-20-27-15-24(5-2)19-35-21-27/h15-19,21,26,34H,4-14,20,22-23H2,1-3H3,(H2,33,37). The second-order valence-electron chi connectivity index (χ2n) is 10.3. The first-order valence-electron chi connectivity index (χ1n) is 14.4. The Balaban J connectivity index is 1.79. The van der Waals surface area contributed by atoms with Crippen molar-refractivity contribution in [1.29, 1.82) is 0 Å². The van der Waals surface area contributed by atoms with Crippen molar-refractivity contribution in [2.24, 2.45) is 11.7 Å². The van der Waals surface area contributed by atoms with E-state index in [9.17, 15) is 14.0 Å². The zero-order valence-corrected chi connectivity index (χ0v) is 24.4. The van der Waals surface area contributed by atoms with Gasteiger partial charge in [-0.1, -0.05) is 19.9 Å². The molecule has 1 unspecified atom stereocenters. The number of ether oxygens (including phenoxy) is 2. The van der Waals surface area contributed by atoms with Crippen LogP contribution in [0.2, 0.25) is 0 Å². The highest BCUT2D eigenvalue weighted by molar-refractivity contribution is 5.82. The number of unbranched alkanes of at least 4 members (excludes halogenated alkanes) is 1. The topological polar surface area (TPSA) is 107 Å². The number of benzene rings is 1. The molecule has 0 saturated carbocycles. The van der Waals surface area contributed by atoms with Crippen LogP contribution >= 0.6 is 0 Å². The third-order valence-corrected chi connectivity index (χ3v) is 6.72. The van der Waals surface area contributed by atoms with E-state index in [1.54, 1.807) is 18.1 Å². The van der Waals surface area contributed by atoms with Crippen LogP contribution in [0.15, 0.2) is 36.7 Å². The summed E-state index contributed by atoms with van der Waals surface area (Å²) < 4.78 is 25.7. The zero-order chi connectivity index (χ0) is 29.2. The average molecular weight is 559 g/mol. The Bertz CT molecular complexity index is 1040. The van der Waals surface area contributed by atoms with Crippen LogP contribution in [0.4, 0.5) is 4.39 Å². The third kappa shape index (κ3) is 13.3. The number of nitrogens with two attached hydrogens (primary N) is 1. The summed E-state index contributed by atoms with van der Waals surface area (Å²) in [6.07, 6.45) is 9.12. The van der Waals surface area contributed by atoms with Gasteiger partial charge in [-0.15, -0.1) is 0 Å². The number of primary amides is 1. The van der Waals surface area contributed by atoms with Crippen LogP contribution in [0.3, 0.4) is 0 Å². The molecule has 9 heteroatoms. The fourth-order valence-corrected chi connectivity index (χ4v) is 4.51. The zero-order valence-electron chi connectivity index (χ0n) is 24.4. The Morgan fingerprint density at radius 3 is 2.55 bits per heavy atom. The number of pyridine rings is 1. The minimum atomic E-state index is -0.479. The Hall–Kier alpha value is -3.04. The number of nitrogens with zero attached hydrogens (tertiary/aromatic N) is 2. The molecule has 8 nitrogen and oxygen atoms in total. The highest BCUT2D eigenvalue weighted by Crippen LogP contribution is 2.20. The van der Waals surface area contributed by atoms with Crippen LogP contribution in [0.1, 0.15) is 69.1 Å². The van der Waals surface area contributed by atoms with Gasteiger partial charge in [0, 0.05) is 64.0 Å². The van der Waals surface area contributed by atoms with Crippen molar-refractivity contribution in [3.8, 4) is 5.75 Å². The molecule has 0 bridgehead atoms. The number of methoxy groups -OCH3 is 1. The lowest BCUT2D eigenvalue weighted by molar-refractivity contribution is -0.133. The van der Waals surface area contributed by atoms with Gasteiger partial charge in [-0.25, -0.2) is 4.39 Å². The summed E-state index contributed by atoms with van der Waals surface area (Å²) in [7, 11) is 1.63. The molecular formula is C31H47FN4O4. The summed E-state index contributed by atoms with van der Waals surface area (Å²) in [6, 6.07) is 7.05. The maximum atomic E-state index is 14.3. The van der Waals surface area contributed by atoms with Crippen LogP contribution in [-0.2, 0) is 33.7 Å². The molecule has 0 saturated heterocycles. The molecule has 0 aliphatic heterocycles. The lowest BCUT2D eigenvalue weighted by Gasteiger charge is -2.25. The van der Waals surface area contributed by atoms with E-state index in [0.717, 1.165) is 50.8 Å². The first-order valence-corrected chi connectivity index (χ1v) is 14.4. The predicted octanol–water partition coefficient (Wildman–Crippen LogP) is 4.43. The summed E-state index contributed by atoms with van der Waals surface area (Å²) in [6.45, 7) is 7.76. The Morgan fingerprint density at radius 1 is 1.02 bits per heavy atom. The lowest BCUT2D eigenvalue weighted by atomic mass is 10.1. The molecule has 2 rings (SSSR count). The second kappa shape index (κ2) is 19.1. The maximum Gasteiger partial charge on any atom is 0.223 e. The van der Waals surface area contributed by atoms with Crippen molar-refractivity contribution in [3.63, 3.8) is 0 Å². The Labute approximate surface area is 238 Å². The number of carbonyl (C=O) groups excluding carboxylic acids is 2. The van der Waals surface area contributed by atoms with Gasteiger partial charge >= 0.3 is 0 Å². The van der Waals surface area contributed by atoms with Crippen molar-refractivity contribution >= 4 is 11.8 Å². The maximum absolute atomic E-state index is 14.3. The smallest absolute Gasteiger partial charge is 0.223 e. The number of carbonyl (C=O) groups is 2. The summed E-state index contributed by atoms with van der Waals surface area (Å²) in [5.41, 5.74) is 8.53. The summed E-state index contributed by atoms with van der Waals surface area (Å²) in [5, 5.41) is 3.46. The molecule has 3 N–H and O–H groups in total. The number of hydrogen-bond donors (Lipinski definition) is 2. The fourth-order valence-electron chi connectivity index (χ4n) is 4.51. The van der Waals surface area contributed by atoms with E-state index in [0.29, 0.717) is 38.5 Å². The van der Waals surface area contributed by atoms with Crippen molar-refractivity contribution in [2.75, 3.05) is 40.0 Å². The van der Waals surface area contributed by atoms with Crippen molar-refractivity contribution in [2.45, 2.75) is 71.8 Å². The van der Waals surface area contributed by atoms with E-state index in [-0.39, 0.29) is 30.5 Å². The predicted molar refractivity (Wildman–Crippen MR) is 155 cm³/mol. The van der Waals surface area contributed by atoms with E-state index in [4.69, 9.17) is 15.2 Å². The van der Waals surface area contributed by atoms with Gasteiger partial charge in [-0.3, -0.25) is 14.6 Å². The van der Waals surface area contributed by atoms with Gasteiger partial charge in [0.15, 0.2) is 0 Å². The number of aryl methyl sites for hydroxylation is 2. The molecule has 1 aromatic carbocycles. The van der Waals surface area contributed by atoms with Crippen LogP contribution in [-0.4, -0.2) is 61.7 Å². The highest BCUT2D eigenvalue weighted by atomic mass is 19.1. The summed E-state index contributed by atoms with van der Waals surface area (Å²) >= 11 is 0. The molecule has 2 amide bonds. The molecular weight excluding hydrogens is 511 g/mol. The van der Waals surface area contributed by atoms with Gasteiger partial charge in [0.25, 0.3) is 0 Å². The molecule has 40 heavy (non-hydrogen) atoms. The Morgan fingerprint density at radius 2 is 1.82 bits per heavy atom. The molecule has 1 aromatic heterocycles. The number of halogens is 1. The second-order valence-corrected chi connectivity index (χ2v) is 10.3. The molecule has 2 aromatic rings. The molecule has 0 radical (unpaired) electrons. The van der Waals surface area contributed by atoms with E-state index >= 15 is 0 Å². The van der Waals surface area contributed by atoms with Gasteiger partial charge in [0.2, 0.25) is 11.8 Å². The van der Waals surface area contributed by atoms with Gasteiger partial charge < -0.3 is 25.4 Å². The van der Waals surface area contributed by atoms with Crippen molar-refractivity contribution in [3.05, 3.63) is 59.2 Å². The first kappa shape index (κ1) is 33.2. The number of hydrogen-bond acceptors (Lipinski definition) is 6. The van der Waals surface area contributed by atoms with E-state index in [1.165, 1.54) is 17.2 Å². The highest BCUT2D eigenvalue weighted by Gasteiger charge is 2.17. The van der Waals surface area contributed by atoms with Gasteiger partial charge in [-0.05, 0) is 73.9 Å². The quantitative estimate of drug-likeness (QED) is 0.220. The third-order valence-electron chi connectivity index (χ3n) is 6.72. The number of nitrogens with one attached hydrogen (secondary N) is 1. The minimum Gasteiger partial charge on any atom is -0.493 e. The molecule has 0 aliphatic rings. The monoisotopic (exact) mass is 558 g/mol. The van der Waals surface area contributed by atoms with Gasteiger partial charge in [0.05, 0.1) is 13.2 Å². The van der Waals surface area contributed by atoms with Crippen LogP contribution in [0, 0.1) is 11.7 Å². The fraction of sp³-hybridized carbons (Fsp3) is 0.581. The average Bonchev–Trinajstić information content (AvgIpc) is 2.94. The van der Waals surface area contributed by atoms with E-state index in [2.05, 4.69) is 23.3 Å². The lowest BCUT2D eigenvalue weighted by Crippen LogP contribution is -2.35. The molecule has 1 heterocycles. The number of amides is 2. The molecule has 222 valence electrons. The van der Waals surface area contributed by atoms with Gasteiger partial charge in [-0.2, -0.15) is 0 Å². The van der Waals surface area contributed by atoms with Crippen LogP contribution in [0.5, 0.6) is 5.75 Å². The Kier molecular flexibility index (Phi) is 15.8. The van der Waals surface area contributed by atoms with Crippen molar-refractivity contribution in [1.82, 2.24) is 15.2 Å². The van der Waals surface area contributed by atoms with Gasteiger partial charge in [0.1, 0.15) is 11.6 Å². The summed E-state index contributed by atoms with van der Waals surface area (Å²) in [5.74, 6) is -0.343. The molecule has 0 spiro atoms. The van der Waals surface area contributed by atoms with E-state index < -0.39 is 5.91 Å². The molecule has 0 aliphatic carbocycles. The molecule has 0 fully saturated rings. The number of rotatable bonds is 21. The van der Waals surface area contributed by atoms with Crippen LogP contribution < -0.4 is 15.8 Å². The van der Waals surface area contributed by atoms with Crippen LogP contribution in [0.25, 0.3) is 0 Å². The first-order chi connectivity index (χ1) is 19.3. The minimum absolute atomic E-state index is 0.0271.